The number of hydrogen-bond acceptors (Lipinski definition) is 2. The zero-order valence-electron chi connectivity index (χ0n) is 9.91. The molecule has 1 aliphatic carbocycles. The average molecular weight is 273 g/mol. The summed E-state index contributed by atoms with van der Waals surface area (Å²) in [6.07, 6.45) is 9.98. The van der Waals surface area contributed by atoms with Gasteiger partial charge in [-0.25, -0.2) is 0 Å². The normalized spacial score (nSPS) is 17.1. The monoisotopic (exact) mass is 272 g/mol. The molecule has 0 atom stereocenters. The third-order valence-corrected chi connectivity index (χ3v) is 3.86. The predicted octanol–water partition coefficient (Wildman–Crippen LogP) is 4.11. The molecule has 0 saturated heterocycles. The van der Waals surface area contributed by atoms with Crippen LogP contribution in [0.5, 0.6) is 0 Å². The molecule has 2 rings (SSSR count). The lowest BCUT2D eigenvalue weighted by molar-refractivity contribution is 0.418. The molecular weight excluding hydrogens is 255 g/mol. The summed E-state index contributed by atoms with van der Waals surface area (Å²) in [6, 6.07) is 2.58. The van der Waals surface area contributed by atoms with Gasteiger partial charge in [0.25, 0.3) is 0 Å². The Hall–Kier alpha value is -0.470. The Labute approximate surface area is 113 Å². The predicted molar refractivity (Wildman–Crippen MR) is 74.2 cm³/mol. The Morgan fingerprint density at radius 2 is 2.06 bits per heavy atom. The van der Waals surface area contributed by atoms with Crippen LogP contribution in [0.3, 0.4) is 0 Å². The number of pyridine rings is 1. The summed E-state index contributed by atoms with van der Waals surface area (Å²) in [4.78, 5) is 6.40. The van der Waals surface area contributed by atoms with Crippen LogP contribution < -0.4 is 4.90 Å². The molecule has 0 bridgehead atoms. The maximum Gasteiger partial charge on any atom is 0.0822 e. The molecule has 1 heterocycles. The van der Waals surface area contributed by atoms with Gasteiger partial charge in [0.2, 0.25) is 0 Å². The van der Waals surface area contributed by atoms with Gasteiger partial charge in [-0.2, -0.15) is 0 Å². The van der Waals surface area contributed by atoms with Crippen molar-refractivity contribution >= 4 is 28.9 Å². The third kappa shape index (κ3) is 3.26. The van der Waals surface area contributed by atoms with Gasteiger partial charge in [0, 0.05) is 30.9 Å². The maximum atomic E-state index is 6.23. The van der Waals surface area contributed by atoms with E-state index in [1.165, 1.54) is 32.1 Å². The Balaban J connectivity index is 2.18. The summed E-state index contributed by atoms with van der Waals surface area (Å²) in [5.74, 6) is 0.634. The fourth-order valence-corrected chi connectivity index (χ4v) is 2.99. The molecule has 2 nitrogen and oxygen atoms in total. The maximum absolute atomic E-state index is 6.23. The van der Waals surface area contributed by atoms with Crippen LogP contribution in [0.15, 0.2) is 18.5 Å². The lowest BCUT2D eigenvalue weighted by Gasteiger charge is -2.36. The molecule has 0 N–H and O–H groups in total. The van der Waals surface area contributed by atoms with Crippen molar-refractivity contribution in [3.05, 3.63) is 23.5 Å². The van der Waals surface area contributed by atoms with E-state index in [9.17, 15) is 0 Å². The highest BCUT2D eigenvalue weighted by molar-refractivity contribution is 6.33. The van der Waals surface area contributed by atoms with Gasteiger partial charge in [0.1, 0.15) is 0 Å². The highest BCUT2D eigenvalue weighted by Crippen LogP contribution is 2.31. The van der Waals surface area contributed by atoms with Crippen LogP contribution in [0.4, 0.5) is 5.69 Å². The van der Waals surface area contributed by atoms with E-state index in [2.05, 4.69) is 9.88 Å². The number of halogens is 2. The van der Waals surface area contributed by atoms with Gasteiger partial charge in [-0.3, -0.25) is 4.98 Å². The molecule has 17 heavy (non-hydrogen) atoms. The van der Waals surface area contributed by atoms with Crippen molar-refractivity contribution < 1.29 is 0 Å². The van der Waals surface area contributed by atoms with Gasteiger partial charge in [-0.1, -0.05) is 30.9 Å². The molecule has 1 fully saturated rings. The summed E-state index contributed by atoms with van der Waals surface area (Å²) in [7, 11) is 0. The smallest absolute Gasteiger partial charge is 0.0822 e. The lowest BCUT2D eigenvalue weighted by atomic mass is 9.94. The highest BCUT2D eigenvalue weighted by atomic mass is 35.5. The van der Waals surface area contributed by atoms with Crippen molar-refractivity contribution in [3.63, 3.8) is 0 Å². The Morgan fingerprint density at radius 3 is 2.71 bits per heavy atom. The Bertz CT molecular complexity index is 351. The van der Waals surface area contributed by atoms with Gasteiger partial charge in [0.15, 0.2) is 0 Å². The number of nitrogens with zero attached hydrogens (tertiary/aromatic N) is 2. The second-order valence-corrected chi connectivity index (χ2v) is 5.29. The molecule has 1 aromatic rings. The largest absolute Gasteiger partial charge is 0.366 e. The Kier molecular flexibility index (Phi) is 4.93. The molecule has 0 aliphatic heterocycles. The first-order valence-electron chi connectivity index (χ1n) is 6.25. The fraction of sp³-hybridized carbons (Fsp3) is 0.615. The SMILES string of the molecule is ClCCN(c1ccncc1Cl)C1CCCCC1. The van der Waals surface area contributed by atoms with Crippen molar-refractivity contribution in [1.29, 1.82) is 0 Å². The van der Waals surface area contributed by atoms with Gasteiger partial charge in [-0.15, -0.1) is 11.6 Å². The summed E-state index contributed by atoms with van der Waals surface area (Å²) in [5.41, 5.74) is 1.08. The van der Waals surface area contributed by atoms with Gasteiger partial charge < -0.3 is 4.90 Å². The molecule has 1 saturated carbocycles. The first-order chi connectivity index (χ1) is 8.33. The minimum absolute atomic E-state index is 0.586. The molecule has 0 radical (unpaired) electrons. The second kappa shape index (κ2) is 6.46. The first kappa shape index (κ1) is 13.0. The molecule has 0 spiro atoms. The van der Waals surface area contributed by atoms with E-state index in [1.54, 1.807) is 12.4 Å². The molecule has 0 amide bonds. The van der Waals surface area contributed by atoms with Gasteiger partial charge in [0.05, 0.1) is 10.7 Å². The fourth-order valence-electron chi connectivity index (χ4n) is 2.58. The van der Waals surface area contributed by atoms with Crippen LogP contribution in [0.25, 0.3) is 0 Å². The number of alkyl halides is 1. The van der Waals surface area contributed by atoms with E-state index >= 15 is 0 Å². The van der Waals surface area contributed by atoms with Crippen LogP contribution in [-0.4, -0.2) is 23.5 Å². The first-order valence-corrected chi connectivity index (χ1v) is 7.16. The van der Waals surface area contributed by atoms with Crippen molar-refractivity contribution in [2.75, 3.05) is 17.3 Å². The van der Waals surface area contributed by atoms with E-state index < -0.39 is 0 Å². The molecule has 1 aromatic heterocycles. The van der Waals surface area contributed by atoms with Gasteiger partial charge in [-0.05, 0) is 18.9 Å². The van der Waals surface area contributed by atoms with Crippen LogP contribution in [0.2, 0.25) is 5.02 Å². The standard InChI is InChI=1S/C13H18Cl2N2/c14-7-9-17(11-4-2-1-3-5-11)13-6-8-16-10-12(13)15/h6,8,10-11H,1-5,7,9H2. The summed E-state index contributed by atoms with van der Waals surface area (Å²) < 4.78 is 0. The molecular formula is C13H18Cl2N2. The van der Waals surface area contributed by atoms with Crippen LogP contribution >= 0.6 is 23.2 Å². The van der Waals surface area contributed by atoms with Crippen LogP contribution in [0, 0.1) is 0 Å². The van der Waals surface area contributed by atoms with Crippen molar-refractivity contribution in [2.24, 2.45) is 0 Å². The number of aromatic nitrogens is 1. The Morgan fingerprint density at radius 1 is 1.29 bits per heavy atom. The summed E-state index contributed by atoms with van der Waals surface area (Å²) in [5, 5.41) is 0.725. The van der Waals surface area contributed by atoms with Crippen LogP contribution in [0.1, 0.15) is 32.1 Å². The molecule has 0 unspecified atom stereocenters. The van der Waals surface area contributed by atoms with E-state index in [4.69, 9.17) is 23.2 Å². The van der Waals surface area contributed by atoms with Crippen molar-refractivity contribution in [2.45, 2.75) is 38.1 Å². The summed E-state index contributed by atoms with van der Waals surface area (Å²) in [6.45, 7) is 0.857. The molecule has 0 aromatic carbocycles. The van der Waals surface area contributed by atoms with E-state index in [0.717, 1.165) is 17.3 Å². The molecule has 4 heteroatoms. The van der Waals surface area contributed by atoms with E-state index in [1.807, 2.05) is 6.07 Å². The average Bonchev–Trinajstić information content (AvgIpc) is 2.38. The van der Waals surface area contributed by atoms with E-state index in [0.29, 0.717) is 11.9 Å². The quantitative estimate of drug-likeness (QED) is 0.767. The number of rotatable bonds is 4. The molecule has 94 valence electrons. The minimum atomic E-state index is 0.586. The van der Waals surface area contributed by atoms with Crippen molar-refractivity contribution in [3.8, 4) is 0 Å². The zero-order valence-corrected chi connectivity index (χ0v) is 11.4. The van der Waals surface area contributed by atoms with Gasteiger partial charge >= 0.3 is 0 Å². The number of anilines is 1. The number of hydrogen-bond donors (Lipinski definition) is 0. The zero-order chi connectivity index (χ0) is 12.1. The second-order valence-electron chi connectivity index (χ2n) is 4.50. The van der Waals surface area contributed by atoms with Crippen LogP contribution in [-0.2, 0) is 0 Å². The third-order valence-electron chi connectivity index (χ3n) is 3.40. The van der Waals surface area contributed by atoms with Crippen molar-refractivity contribution in [1.82, 2.24) is 4.98 Å². The highest BCUT2D eigenvalue weighted by Gasteiger charge is 2.22. The summed E-state index contributed by atoms with van der Waals surface area (Å²) >= 11 is 12.1. The topological polar surface area (TPSA) is 16.1 Å². The molecule has 1 aliphatic rings. The van der Waals surface area contributed by atoms with E-state index in [-0.39, 0.29) is 0 Å². The minimum Gasteiger partial charge on any atom is -0.366 e. The lowest BCUT2D eigenvalue weighted by Crippen LogP contribution is -2.38.